The van der Waals surface area contributed by atoms with E-state index in [1.165, 1.54) is 0 Å². The van der Waals surface area contributed by atoms with Crippen LogP contribution in [0, 0.1) is 11.8 Å². The summed E-state index contributed by atoms with van der Waals surface area (Å²) in [4.78, 5) is 2.34. The van der Waals surface area contributed by atoms with Gasteiger partial charge in [-0.3, -0.25) is 4.90 Å². The summed E-state index contributed by atoms with van der Waals surface area (Å²) in [5, 5.41) is 3.31. The van der Waals surface area contributed by atoms with E-state index < -0.39 is 0 Å². The van der Waals surface area contributed by atoms with E-state index in [2.05, 4.69) is 22.1 Å². The van der Waals surface area contributed by atoms with Gasteiger partial charge < -0.3 is 9.73 Å². The number of hydrogen-bond donors (Lipinski definition) is 1. The Morgan fingerprint density at radius 1 is 1.43 bits per heavy atom. The Labute approximate surface area is 84.1 Å². The molecule has 0 bridgehead atoms. The molecule has 1 N–H and O–H groups in total. The van der Waals surface area contributed by atoms with E-state index >= 15 is 0 Å². The highest BCUT2D eigenvalue weighted by atomic mass is 16.3. The quantitative estimate of drug-likeness (QED) is 0.655. The molecular weight excluding hydrogens is 176 g/mol. The van der Waals surface area contributed by atoms with Gasteiger partial charge in [-0.1, -0.05) is 5.92 Å². The van der Waals surface area contributed by atoms with Crippen LogP contribution in [0.1, 0.15) is 5.76 Å². The molecule has 74 valence electrons. The van der Waals surface area contributed by atoms with E-state index in [0.717, 1.165) is 38.5 Å². The van der Waals surface area contributed by atoms with E-state index in [4.69, 9.17) is 4.42 Å². The Morgan fingerprint density at radius 2 is 2.29 bits per heavy atom. The lowest BCUT2D eigenvalue weighted by Crippen LogP contribution is -2.43. The Hall–Kier alpha value is -1.24. The Bertz CT molecular complexity index is 315. The molecular formula is C11H14N2O. The molecule has 1 saturated heterocycles. The van der Waals surface area contributed by atoms with Gasteiger partial charge in [0.25, 0.3) is 0 Å². The van der Waals surface area contributed by atoms with Crippen molar-refractivity contribution in [2.24, 2.45) is 0 Å². The predicted molar refractivity (Wildman–Crippen MR) is 54.9 cm³/mol. The van der Waals surface area contributed by atoms with Gasteiger partial charge in [0, 0.05) is 26.2 Å². The molecule has 0 atom stereocenters. The molecule has 0 amide bonds. The van der Waals surface area contributed by atoms with Gasteiger partial charge in [-0.2, -0.15) is 0 Å². The van der Waals surface area contributed by atoms with E-state index in [9.17, 15) is 0 Å². The maximum absolute atomic E-state index is 5.12. The second kappa shape index (κ2) is 4.85. The first-order valence-corrected chi connectivity index (χ1v) is 4.90. The molecule has 2 heterocycles. The number of piperazine rings is 1. The summed E-state index contributed by atoms with van der Waals surface area (Å²) in [7, 11) is 0. The third-order valence-corrected chi connectivity index (χ3v) is 2.25. The van der Waals surface area contributed by atoms with Gasteiger partial charge in [0.05, 0.1) is 12.8 Å². The first kappa shape index (κ1) is 9.32. The zero-order valence-electron chi connectivity index (χ0n) is 8.12. The lowest BCUT2D eigenvalue weighted by atomic mass is 10.3. The minimum Gasteiger partial charge on any atom is -0.456 e. The Morgan fingerprint density at radius 3 is 3.00 bits per heavy atom. The molecule has 1 aromatic rings. The minimum absolute atomic E-state index is 0.750. The van der Waals surface area contributed by atoms with Crippen molar-refractivity contribution in [1.82, 2.24) is 10.2 Å². The molecule has 0 unspecified atom stereocenters. The van der Waals surface area contributed by atoms with Crippen LogP contribution in [-0.2, 0) is 0 Å². The van der Waals surface area contributed by atoms with E-state index in [-0.39, 0.29) is 0 Å². The van der Waals surface area contributed by atoms with Crippen molar-refractivity contribution in [2.45, 2.75) is 0 Å². The lowest BCUT2D eigenvalue weighted by molar-refractivity contribution is 0.268. The summed E-state index contributed by atoms with van der Waals surface area (Å²) in [6.45, 7) is 5.16. The zero-order valence-corrected chi connectivity index (χ0v) is 8.12. The Balaban J connectivity index is 1.80. The van der Waals surface area contributed by atoms with Crippen molar-refractivity contribution in [3.63, 3.8) is 0 Å². The second-order valence-corrected chi connectivity index (χ2v) is 3.31. The van der Waals surface area contributed by atoms with Gasteiger partial charge in [-0.25, -0.2) is 0 Å². The zero-order chi connectivity index (χ0) is 9.64. The summed E-state index contributed by atoms with van der Waals surface area (Å²) in [5.41, 5.74) is 0. The van der Waals surface area contributed by atoms with Crippen molar-refractivity contribution >= 4 is 0 Å². The average Bonchev–Trinajstić information content (AvgIpc) is 2.72. The normalized spacial score (nSPS) is 17.4. The molecule has 1 aliphatic heterocycles. The summed E-state index contributed by atoms with van der Waals surface area (Å²) in [5.74, 6) is 6.86. The van der Waals surface area contributed by atoms with Gasteiger partial charge in [0.2, 0.25) is 0 Å². The van der Waals surface area contributed by atoms with Crippen LogP contribution in [0.4, 0.5) is 0 Å². The van der Waals surface area contributed by atoms with Crippen molar-refractivity contribution in [1.29, 1.82) is 0 Å². The van der Waals surface area contributed by atoms with Crippen LogP contribution < -0.4 is 5.32 Å². The first-order chi connectivity index (χ1) is 6.95. The summed E-state index contributed by atoms with van der Waals surface area (Å²) >= 11 is 0. The highest BCUT2D eigenvalue weighted by Gasteiger charge is 2.06. The summed E-state index contributed by atoms with van der Waals surface area (Å²) < 4.78 is 5.12. The third kappa shape index (κ3) is 2.63. The highest BCUT2D eigenvalue weighted by Crippen LogP contribution is 1.96. The number of furan rings is 1. The standard InChI is InChI=1S/C11H14N2O/c1(3-11-4-2-10-14-11)7-13-8-5-12-6-9-13/h2,4,10,12H,5-9H2. The fourth-order valence-corrected chi connectivity index (χ4v) is 1.46. The van der Waals surface area contributed by atoms with Crippen LogP contribution in [-0.4, -0.2) is 37.6 Å². The number of nitrogens with one attached hydrogen (secondary N) is 1. The number of nitrogens with zero attached hydrogens (tertiary/aromatic N) is 1. The molecule has 1 fully saturated rings. The van der Waals surface area contributed by atoms with Gasteiger partial charge in [0.15, 0.2) is 5.76 Å². The number of rotatable bonds is 1. The largest absolute Gasteiger partial charge is 0.456 e. The lowest BCUT2D eigenvalue weighted by Gasteiger charge is -2.24. The molecule has 0 radical (unpaired) electrons. The maximum atomic E-state index is 5.12. The topological polar surface area (TPSA) is 28.4 Å². The molecule has 3 nitrogen and oxygen atoms in total. The molecule has 1 aliphatic rings. The fourth-order valence-electron chi connectivity index (χ4n) is 1.46. The SMILES string of the molecule is C(#Cc1ccco1)CN1CCNCC1. The average molecular weight is 190 g/mol. The van der Waals surface area contributed by atoms with Gasteiger partial charge in [-0.05, 0) is 18.1 Å². The highest BCUT2D eigenvalue weighted by molar-refractivity contribution is 5.24. The van der Waals surface area contributed by atoms with Crippen molar-refractivity contribution < 1.29 is 4.42 Å². The fraction of sp³-hybridized carbons (Fsp3) is 0.455. The molecule has 14 heavy (non-hydrogen) atoms. The molecule has 2 rings (SSSR count). The van der Waals surface area contributed by atoms with Crippen molar-refractivity contribution in [3.05, 3.63) is 24.2 Å². The Kier molecular flexibility index (Phi) is 3.23. The maximum Gasteiger partial charge on any atom is 0.176 e. The van der Waals surface area contributed by atoms with Crippen LogP contribution in [0.2, 0.25) is 0 Å². The van der Waals surface area contributed by atoms with Crippen molar-refractivity contribution in [2.75, 3.05) is 32.7 Å². The first-order valence-electron chi connectivity index (χ1n) is 4.90. The van der Waals surface area contributed by atoms with Crippen LogP contribution in [0.15, 0.2) is 22.8 Å². The van der Waals surface area contributed by atoms with E-state index in [1.807, 2.05) is 12.1 Å². The molecule has 3 heteroatoms. The third-order valence-electron chi connectivity index (χ3n) is 2.25. The number of hydrogen-bond acceptors (Lipinski definition) is 3. The molecule has 0 aliphatic carbocycles. The second-order valence-electron chi connectivity index (χ2n) is 3.31. The molecule has 0 saturated carbocycles. The van der Waals surface area contributed by atoms with Crippen LogP contribution in [0.25, 0.3) is 0 Å². The van der Waals surface area contributed by atoms with Crippen LogP contribution in [0.5, 0.6) is 0 Å². The van der Waals surface area contributed by atoms with Gasteiger partial charge in [0.1, 0.15) is 0 Å². The van der Waals surface area contributed by atoms with E-state index in [1.54, 1.807) is 6.26 Å². The van der Waals surface area contributed by atoms with E-state index in [0.29, 0.717) is 0 Å². The van der Waals surface area contributed by atoms with Crippen LogP contribution >= 0.6 is 0 Å². The smallest absolute Gasteiger partial charge is 0.176 e. The van der Waals surface area contributed by atoms with Crippen LogP contribution in [0.3, 0.4) is 0 Å². The summed E-state index contributed by atoms with van der Waals surface area (Å²) in [6, 6.07) is 3.74. The summed E-state index contributed by atoms with van der Waals surface area (Å²) in [6.07, 6.45) is 1.65. The molecule has 1 aromatic heterocycles. The molecule has 0 spiro atoms. The predicted octanol–water partition coefficient (Wildman–Crippen LogP) is 0.536. The minimum atomic E-state index is 0.750. The molecule has 0 aromatic carbocycles. The van der Waals surface area contributed by atoms with Gasteiger partial charge in [-0.15, -0.1) is 0 Å². The monoisotopic (exact) mass is 190 g/mol. The van der Waals surface area contributed by atoms with Crippen molar-refractivity contribution in [3.8, 4) is 11.8 Å². The van der Waals surface area contributed by atoms with Gasteiger partial charge >= 0.3 is 0 Å².